The van der Waals surface area contributed by atoms with E-state index in [9.17, 15) is 4.79 Å². The van der Waals surface area contributed by atoms with Crippen LogP contribution in [0.3, 0.4) is 0 Å². The van der Waals surface area contributed by atoms with Crippen molar-refractivity contribution in [3.8, 4) is 0 Å². The van der Waals surface area contributed by atoms with Gasteiger partial charge in [0.1, 0.15) is 5.69 Å². The summed E-state index contributed by atoms with van der Waals surface area (Å²) in [7, 11) is 0. The Kier molecular flexibility index (Phi) is 5.45. The largest absolute Gasteiger partial charge is 0.397 e. The summed E-state index contributed by atoms with van der Waals surface area (Å²) < 4.78 is 1.94. The molecule has 3 N–H and O–H groups in total. The molecule has 0 aliphatic carbocycles. The van der Waals surface area contributed by atoms with Crippen LogP contribution in [-0.4, -0.2) is 16.0 Å². The molecule has 0 fully saturated rings. The van der Waals surface area contributed by atoms with E-state index < -0.39 is 0 Å². The summed E-state index contributed by atoms with van der Waals surface area (Å²) >= 11 is 0. The van der Waals surface area contributed by atoms with Crippen LogP contribution in [0, 0.1) is 0 Å². The van der Waals surface area contributed by atoms with Gasteiger partial charge in [-0.2, -0.15) is 0 Å². The highest BCUT2D eigenvalue weighted by Gasteiger charge is 2.27. The van der Waals surface area contributed by atoms with E-state index in [2.05, 4.69) is 33.0 Å². The summed E-state index contributed by atoms with van der Waals surface area (Å²) in [6, 6.07) is 1.76. The van der Waals surface area contributed by atoms with E-state index in [0.29, 0.717) is 11.4 Å². The Morgan fingerprint density at radius 1 is 1.26 bits per heavy atom. The number of amides is 1. The highest BCUT2D eigenvalue weighted by molar-refractivity contribution is 5.94. The smallest absolute Gasteiger partial charge is 0.268 e. The fourth-order valence-corrected chi connectivity index (χ4v) is 2.47. The molecule has 0 bridgehead atoms. The van der Waals surface area contributed by atoms with Gasteiger partial charge in [-0.1, -0.05) is 27.7 Å². The average Bonchev–Trinajstić information content (AvgIpc) is 2.77. The van der Waals surface area contributed by atoms with Crippen molar-refractivity contribution in [2.24, 2.45) is 0 Å². The minimum Gasteiger partial charge on any atom is -0.397 e. The van der Waals surface area contributed by atoms with Gasteiger partial charge in [0, 0.05) is 18.3 Å². The van der Waals surface area contributed by atoms with Gasteiger partial charge in [-0.25, -0.2) is 0 Å². The van der Waals surface area contributed by atoms with Gasteiger partial charge in [-0.3, -0.25) is 4.79 Å². The van der Waals surface area contributed by atoms with E-state index in [1.165, 1.54) is 0 Å². The first-order valence-electron chi connectivity index (χ1n) is 7.30. The van der Waals surface area contributed by atoms with Crippen LogP contribution in [0.5, 0.6) is 0 Å². The molecule has 1 aromatic heterocycles. The van der Waals surface area contributed by atoms with Crippen molar-refractivity contribution in [1.29, 1.82) is 0 Å². The summed E-state index contributed by atoms with van der Waals surface area (Å²) in [6.07, 6.45) is 5.64. The molecule has 0 atom stereocenters. The molecule has 1 amide bonds. The van der Waals surface area contributed by atoms with Crippen LogP contribution in [0.2, 0.25) is 0 Å². The van der Waals surface area contributed by atoms with Gasteiger partial charge in [-0.05, 0) is 31.7 Å². The predicted molar refractivity (Wildman–Crippen MR) is 80.2 cm³/mol. The van der Waals surface area contributed by atoms with Gasteiger partial charge in [0.2, 0.25) is 0 Å². The zero-order chi connectivity index (χ0) is 14.5. The highest BCUT2D eigenvalue weighted by atomic mass is 16.2. The molecular formula is C15H27N3O. The Bertz CT molecular complexity index is 411. The summed E-state index contributed by atoms with van der Waals surface area (Å²) in [5.74, 6) is -0.0179. The van der Waals surface area contributed by atoms with Gasteiger partial charge >= 0.3 is 0 Å². The lowest BCUT2D eigenvalue weighted by Crippen LogP contribution is -2.47. The van der Waals surface area contributed by atoms with Crippen LogP contribution in [0.4, 0.5) is 5.69 Å². The number of aromatic nitrogens is 1. The number of nitrogen functional groups attached to an aromatic ring is 1. The van der Waals surface area contributed by atoms with E-state index in [1.54, 1.807) is 6.07 Å². The first-order chi connectivity index (χ1) is 9.01. The van der Waals surface area contributed by atoms with Crippen LogP contribution in [-0.2, 0) is 6.54 Å². The minimum atomic E-state index is -0.104. The molecular weight excluding hydrogens is 238 g/mol. The van der Waals surface area contributed by atoms with Crippen molar-refractivity contribution in [2.75, 3.05) is 5.73 Å². The van der Waals surface area contributed by atoms with Crippen molar-refractivity contribution >= 4 is 11.6 Å². The van der Waals surface area contributed by atoms with Crippen LogP contribution in [0.15, 0.2) is 12.3 Å². The van der Waals surface area contributed by atoms with Crippen molar-refractivity contribution in [3.05, 3.63) is 18.0 Å². The van der Waals surface area contributed by atoms with E-state index in [4.69, 9.17) is 5.73 Å². The van der Waals surface area contributed by atoms with Crippen molar-refractivity contribution < 1.29 is 4.79 Å². The summed E-state index contributed by atoms with van der Waals surface area (Å²) in [4.78, 5) is 12.5. The SMILES string of the molecule is CCCn1cc(N)cc1C(=O)NC(CC)(CC)CC. The second-order valence-electron chi connectivity index (χ2n) is 5.15. The van der Waals surface area contributed by atoms with Gasteiger partial charge < -0.3 is 15.6 Å². The van der Waals surface area contributed by atoms with Gasteiger partial charge in [0.15, 0.2) is 0 Å². The number of nitrogens with two attached hydrogens (primary N) is 1. The lowest BCUT2D eigenvalue weighted by Gasteiger charge is -2.31. The van der Waals surface area contributed by atoms with Crippen LogP contribution in [0.25, 0.3) is 0 Å². The Hall–Kier alpha value is -1.45. The zero-order valence-electron chi connectivity index (χ0n) is 12.6. The molecule has 1 rings (SSSR count). The first-order valence-corrected chi connectivity index (χ1v) is 7.30. The third-order valence-corrected chi connectivity index (χ3v) is 4.02. The molecule has 1 aromatic rings. The number of anilines is 1. The Balaban J connectivity index is 2.94. The molecule has 1 heterocycles. The normalized spacial score (nSPS) is 11.6. The Morgan fingerprint density at radius 3 is 2.32 bits per heavy atom. The zero-order valence-corrected chi connectivity index (χ0v) is 12.6. The van der Waals surface area contributed by atoms with Crippen LogP contribution < -0.4 is 11.1 Å². The van der Waals surface area contributed by atoms with Crippen molar-refractivity contribution in [1.82, 2.24) is 9.88 Å². The molecule has 0 saturated heterocycles. The van der Waals surface area contributed by atoms with Crippen LogP contribution in [0.1, 0.15) is 63.9 Å². The second kappa shape index (κ2) is 6.64. The molecule has 4 heteroatoms. The van der Waals surface area contributed by atoms with E-state index in [0.717, 1.165) is 32.2 Å². The maximum absolute atomic E-state index is 12.5. The Labute approximate surface area is 116 Å². The number of carbonyl (C=O) groups is 1. The predicted octanol–water partition coefficient (Wildman–Crippen LogP) is 3.18. The minimum absolute atomic E-state index is 0.0179. The van der Waals surface area contributed by atoms with Gasteiger partial charge in [0.25, 0.3) is 5.91 Å². The third kappa shape index (κ3) is 3.52. The molecule has 0 saturated carbocycles. The number of carbonyl (C=O) groups excluding carboxylic acids is 1. The fraction of sp³-hybridized carbons (Fsp3) is 0.667. The molecule has 19 heavy (non-hydrogen) atoms. The quantitative estimate of drug-likeness (QED) is 0.795. The number of rotatable bonds is 7. The van der Waals surface area contributed by atoms with E-state index in [1.807, 2.05) is 10.8 Å². The monoisotopic (exact) mass is 265 g/mol. The lowest BCUT2D eigenvalue weighted by atomic mass is 9.89. The van der Waals surface area contributed by atoms with Crippen molar-refractivity contribution in [2.45, 2.75) is 65.5 Å². The number of hydrogen-bond acceptors (Lipinski definition) is 2. The number of aryl methyl sites for hydroxylation is 1. The highest BCUT2D eigenvalue weighted by Crippen LogP contribution is 2.21. The number of nitrogens with zero attached hydrogens (tertiary/aromatic N) is 1. The summed E-state index contributed by atoms with van der Waals surface area (Å²) in [6.45, 7) is 9.26. The molecule has 4 nitrogen and oxygen atoms in total. The Morgan fingerprint density at radius 2 is 1.84 bits per heavy atom. The first kappa shape index (κ1) is 15.6. The summed E-state index contributed by atoms with van der Waals surface area (Å²) in [5.41, 5.74) is 7.02. The average molecular weight is 265 g/mol. The number of nitrogens with one attached hydrogen (secondary N) is 1. The van der Waals surface area contributed by atoms with Crippen molar-refractivity contribution in [3.63, 3.8) is 0 Å². The standard InChI is InChI=1S/C15H27N3O/c1-5-9-18-11-12(16)10-13(18)14(19)17-15(6-2,7-3)8-4/h10-11H,5-9,16H2,1-4H3,(H,17,19). The van der Waals surface area contributed by atoms with Crippen LogP contribution >= 0.6 is 0 Å². The number of hydrogen-bond donors (Lipinski definition) is 2. The molecule has 0 aliphatic heterocycles. The maximum Gasteiger partial charge on any atom is 0.268 e. The summed E-state index contributed by atoms with van der Waals surface area (Å²) in [5, 5.41) is 3.19. The topological polar surface area (TPSA) is 60.0 Å². The van der Waals surface area contributed by atoms with Gasteiger partial charge in [-0.15, -0.1) is 0 Å². The fourth-order valence-electron chi connectivity index (χ4n) is 2.47. The molecule has 0 unspecified atom stereocenters. The second-order valence-corrected chi connectivity index (χ2v) is 5.15. The molecule has 0 aliphatic rings. The molecule has 0 radical (unpaired) electrons. The van der Waals surface area contributed by atoms with E-state index >= 15 is 0 Å². The van der Waals surface area contributed by atoms with E-state index in [-0.39, 0.29) is 11.4 Å². The molecule has 0 aromatic carbocycles. The van der Waals surface area contributed by atoms with Gasteiger partial charge in [0.05, 0.1) is 5.69 Å². The lowest BCUT2D eigenvalue weighted by molar-refractivity contribution is 0.0878. The molecule has 108 valence electrons. The third-order valence-electron chi connectivity index (χ3n) is 4.02. The molecule has 0 spiro atoms. The maximum atomic E-state index is 12.5.